The van der Waals surface area contributed by atoms with Gasteiger partial charge in [0, 0.05) is 17.3 Å². The van der Waals surface area contributed by atoms with E-state index in [1.165, 1.54) is 18.6 Å². The Balaban J connectivity index is 1.68. The van der Waals surface area contributed by atoms with Crippen molar-refractivity contribution >= 4 is 17.0 Å². The first-order valence-corrected chi connectivity index (χ1v) is 11.6. The lowest BCUT2D eigenvalue weighted by Gasteiger charge is -2.35. The van der Waals surface area contributed by atoms with Gasteiger partial charge < -0.3 is 10.0 Å². The number of nitrogens with zero attached hydrogens (tertiary/aromatic N) is 4. The van der Waals surface area contributed by atoms with E-state index in [2.05, 4.69) is 23.7 Å². The van der Waals surface area contributed by atoms with Gasteiger partial charge in [-0.15, -0.1) is 0 Å². The maximum atomic E-state index is 13.6. The number of aromatic carboxylic acids is 1. The molecule has 0 radical (unpaired) electrons. The van der Waals surface area contributed by atoms with Crippen molar-refractivity contribution in [3.8, 4) is 5.69 Å². The monoisotopic (exact) mass is 436 g/mol. The Morgan fingerprint density at radius 1 is 1.09 bits per heavy atom. The number of pyridine rings is 1. The molecule has 6 nitrogen and oxygen atoms in total. The van der Waals surface area contributed by atoms with Gasteiger partial charge in [0.25, 0.3) is 0 Å². The molecule has 1 aromatic carbocycles. The van der Waals surface area contributed by atoms with Gasteiger partial charge >= 0.3 is 5.97 Å². The summed E-state index contributed by atoms with van der Waals surface area (Å²) in [6.07, 6.45) is 5.32. The number of benzene rings is 1. The third kappa shape index (κ3) is 3.68. The Bertz CT molecular complexity index is 1140. The van der Waals surface area contributed by atoms with Gasteiger partial charge in [-0.1, -0.05) is 6.42 Å². The van der Waals surface area contributed by atoms with Crippen LogP contribution in [-0.4, -0.2) is 49.9 Å². The van der Waals surface area contributed by atoms with Crippen LogP contribution in [0.3, 0.4) is 0 Å². The molecule has 5 rings (SSSR count). The first-order valence-electron chi connectivity index (χ1n) is 11.6. The molecule has 0 spiro atoms. The van der Waals surface area contributed by atoms with Crippen LogP contribution in [0.15, 0.2) is 30.3 Å². The van der Waals surface area contributed by atoms with Gasteiger partial charge in [-0.25, -0.2) is 18.9 Å². The van der Waals surface area contributed by atoms with Crippen LogP contribution in [0.2, 0.25) is 0 Å². The number of carboxylic acids is 1. The second-order valence-electron chi connectivity index (χ2n) is 9.41. The number of carbonyl (C=O) groups is 1. The summed E-state index contributed by atoms with van der Waals surface area (Å²) in [7, 11) is 0. The van der Waals surface area contributed by atoms with Crippen molar-refractivity contribution < 1.29 is 14.3 Å². The van der Waals surface area contributed by atoms with Crippen molar-refractivity contribution in [1.82, 2.24) is 19.7 Å². The van der Waals surface area contributed by atoms with Crippen LogP contribution >= 0.6 is 0 Å². The highest BCUT2D eigenvalue weighted by Gasteiger charge is 2.32. The fraction of sp³-hybridized carbons (Fsp3) is 0.480. The van der Waals surface area contributed by atoms with Crippen LogP contribution in [0.4, 0.5) is 4.39 Å². The summed E-state index contributed by atoms with van der Waals surface area (Å²) < 4.78 is 15.3. The Labute approximate surface area is 187 Å². The third-order valence-corrected chi connectivity index (χ3v) is 7.18. The molecule has 2 fully saturated rings. The predicted molar refractivity (Wildman–Crippen MR) is 121 cm³/mol. The quantitative estimate of drug-likeness (QED) is 0.602. The zero-order valence-electron chi connectivity index (χ0n) is 18.6. The number of carboxylic acid groups (broad SMARTS) is 1. The highest BCUT2D eigenvalue weighted by atomic mass is 19.1. The van der Waals surface area contributed by atoms with Gasteiger partial charge in [-0.3, -0.25) is 0 Å². The fourth-order valence-electron chi connectivity index (χ4n) is 5.06. The van der Waals surface area contributed by atoms with Gasteiger partial charge in [0.15, 0.2) is 11.3 Å². The van der Waals surface area contributed by atoms with Crippen LogP contribution in [0.5, 0.6) is 0 Å². The summed E-state index contributed by atoms with van der Waals surface area (Å²) in [6.45, 7) is 6.43. The first kappa shape index (κ1) is 21.1. The summed E-state index contributed by atoms with van der Waals surface area (Å²) in [5.74, 6) is -0.712. The van der Waals surface area contributed by atoms with Crippen molar-refractivity contribution in [2.45, 2.75) is 63.8 Å². The molecule has 0 unspecified atom stereocenters. The van der Waals surface area contributed by atoms with Crippen LogP contribution in [0, 0.1) is 5.82 Å². The van der Waals surface area contributed by atoms with E-state index in [9.17, 15) is 14.3 Å². The van der Waals surface area contributed by atoms with Crippen LogP contribution in [0.25, 0.3) is 16.7 Å². The fourth-order valence-corrected chi connectivity index (χ4v) is 5.06. The summed E-state index contributed by atoms with van der Waals surface area (Å²) in [4.78, 5) is 19.0. The third-order valence-electron chi connectivity index (χ3n) is 7.18. The minimum absolute atomic E-state index is 0.0437. The zero-order valence-corrected chi connectivity index (χ0v) is 18.6. The highest BCUT2D eigenvalue weighted by Crippen LogP contribution is 2.43. The molecule has 1 aliphatic carbocycles. The average molecular weight is 437 g/mol. The van der Waals surface area contributed by atoms with E-state index >= 15 is 0 Å². The Kier molecular flexibility index (Phi) is 5.45. The first-order chi connectivity index (χ1) is 15.4. The molecular weight excluding hydrogens is 407 g/mol. The molecule has 2 aromatic heterocycles. The molecular formula is C25H29FN4O2. The second-order valence-corrected chi connectivity index (χ2v) is 9.41. The normalized spacial score (nSPS) is 18.4. The number of halogens is 1. The van der Waals surface area contributed by atoms with E-state index in [-0.39, 0.29) is 17.4 Å². The number of fused-ring (bicyclic) bond motifs is 1. The highest BCUT2D eigenvalue weighted by molar-refractivity contribution is 5.92. The van der Waals surface area contributed by atoms with Crippen LogP contribution < -0.4 is 0 Å². The maximum Gasteiger partial charge on any atom is 0.354 e. The van der Waals surface area contributed by atoms with E-state index in [1.54, 1.807) is 22.9 Å². The summed E-state index contributed by atoms with van der Waals surface area (Å²) in [6, 6.07) is 8.42. The molecule has 1 N–H and O–H groups in total. The Morgan fingerprint density at radius 3 is 2.34 bits per heavy atom. The predicted octanol–water partition coefficient (Wildman–Crippen LogP) is 5.11. The van der Waals surface area contributed by atoms with E-state index in [1.807, 2.05) is 0 Å². The van der Waals surface area contributed by atoms with E-state index in [4.69, 9.17) is 5.10 Å². The van der Waals surface area contributed by atoms with Crippen molar-refractivity contribution in [1.29, 1.82) is 0 Å². The average Bonchev–Trinajstić information content (AvgIpc) is 3.11. The minimum atomic E-state index is -1.04. The number of hydrogen-bond donors (Lipinski definition) is 1. The summed E-state index contributed by atoms with van der Waals surface area (Å²) in [5, 5.41) is 15.7. The molecule has 3 aromatic rings. The van der Waals surface area contributed by atoms with E-state index in [0.29, 0.717) is 23.3 Å². The summed E-state index contributed by atoms with van der Waals surface area (Å²) >= 11 is 0. The molecule has 7 heteroatoms. The van der Waals surface area contributed by atoms with Crippen molar-refractivity contribution in [3.63, 3.8) is 0 Å². The number of piperidine rings is 1. The van der Waals surface area contributed by atoms with E-state index < -0.39 is 5.97 Å². The maximum absolute atomic E-state index is 13.6. The van der Waals surface area contributed by atoms with Crippen LogP contribution in [-0.2, 0) is 0 Å². The smallest absolute Gasteiger partial charge is 0.354 e. The number of hydrogen-bond acceptors (Lipinski definition) is 4. The zero-order chi connectivity index (χ0) is 22.4. The molecule has 2 aliphatic rings. The van der Waals surface area contributed by atoms with Gasteiger partial charge in [-0.05, 0) is 94.4 Å². The molecule has 0 amide bonds. The molecule has 3 heterocycles. The lowest BCUT2D eigenvalue weighted by atomic mass is 9.79. The van der Waals surface area contributed by atoms with Gasteiger partial charge in [0.05, 0.1) is 11.4 Å². The van der Waals surface area contributed by atoms with E-state index in [0.717, 1.165) is 55.4 Å². The number of aromatic nitrogens is 3. The van der Waals surface area contributed by atoms with Gasteiger partial charge in [0.1, 0.15) is 5.82 Å². The molecule has 0 atom stereocenters. The topological polar surface area (TPSA) is 71.2 Å². The Hall–Kier alpha value is -2.80. The largest absolute Gasteiger partial charge is 0.477 e. The van der Waals surface area contributed by atoms with Gasteiger partial charge in [-0.2, -0.15) is 5.10 Å². The second kappa shape index (κ2) is 8.28. The van der Waals surface area contributed by atoms with Crippen molar-refractivity contribution in [2.75, 3.05) is 13.1 Å². The molecule has 168 valence electrons. The molecule has 1 aliphatic heterocycles. The standard InChI is InChI=1S/C25H29FN4O2/c1-15(2)29-12-10-16(11-13-29)20-14-21(25(31)32)27-24-22(20)23(17-4-3-5-17)28-30(24)19-8-6-18(26)7-9-19/h6-9,14-17H,3-5,10-13H2,1-2H3,(H,31,32). The molecule has 1 saturated carbocycles. The summed E-state index contributed by atoms with van der Waals surface area (Å²) in [5.41, 5.74) is 3.38. The van der Waals surface area contributed by atoms with Crippen LogP contribution in [0.1, 0.15) is 79.5 Å². The number of rotatable bonds is 5. The van der Waals surface area contributed by atoms with Crippen molar-refractivity contribution in [2.24, 2.45) is 0 Å². The lowest BCUT2D eigenvalue weighted by Crippen LogP contribution is -2.37. The molecule has 1 saturated heterocycles. The lowest BCUT2D eigenvalue weighted by molar-refractivity contribution is 0.0690. The van der Waals surface area contributed by atoms with Gasteiger partial charge in [0.2, 0.25) is 0 Å². The molecule has 0 bridgehead atoms. The van der Waals surface area contributed by atoms with Crippen molar-refractivity contribution in [3.05, 3.63) is 53.1 Å². The molecule has 32 heavy (non-hydrogen) atoms. The minimum Gasteiger partial charge on any atom is -0.477 e. The number of likely N-dealkylation sites (tertiary alicyclic amines) is 1. The SMILES string of the molecule is CC(C)N1CCC(c2cc(C(=O)O)nc3c2c(C2CCC2)nn3-c2ccc(F)cc2)CC1. The Morgan fingerprint density at radius 2 is 1.78 bits per heavy atom.